The van der Waals surface area contributed by atoms with Crippen LogP contribution in [0.1, 0.15) is 20.9 Å². The van der Waals surface area contributed by atoms with E-state index in [1.165, 1.54) is 18.2 Å². The van der Waals surface area contributed by atoms with Crippen molar-refractivity contribution in [2.24, 2.45) is 0 Å². The highest BCUT2D eigenvalue weighted by Crippen LogP contribution is 2.29. The molecule has 4 rings (SSSR count). The zero-order valence-electron chi connectivity index (χ0n) is 13.8. The number of carbonyl (C=O) groups is 2. The van der Waals surface area contributed by atoms with E-state index in [1.54, 1.807) is 36.4 Å². The minimum atomic E-state index is -1.15. The number of rotatable bonds is 4. The smallest absolute Gasteiger partial charge is 0.371 e. The summed E-state index contributed by atoms with van der Waals surface area (Å²) in [6.07, 6.45) is 0. The zero-order chi connectivity index (χ0) is 19.0. The first-order valence-corrected chi connectivity index (χ1v) is 7.93. The first kappa shape index (κ1) is 16.4. The molecule has 0 radical (unpaired) electrons. The molecule has 2 aromatic carbocycles. The maximum Gasteiger partial charge on any atom is 0.371 e. The summed E-state index contributed by atoms with van der Waals surface area (Å²) in [5, 5.41) is 28.7. The van der Waals surface area contributed by atoms with Crippen molar-refractivity contribution in [3.8, 4) is 17.1 Å². The van der Waals surface area contributed by atoms with Crippen LogP contribution in [-0.4, -0.2) is 32.3 Å². The van der Waals surface area contributed by atoms with Crippen LogP contribution in [0.2, 0.25) is 0 Å². The lowest BCUT2D eigenvalue weighted by atomic mass is 10.1. The van der Waals surface area contributed by atoms with Crippen LogP contribution in [0.25, 0.3) is 22.2 Å². The van der Waals surface area contributed by atoms with E-state index in [0.717, 1.165) is 0 Å². The molecule has 0 fully saturated rings. The summed E-state index contributed by atoms with van der Waals surface area (Å²) in [4.78, 5) is 23.4. The number of hydrogen-bond acceptors (Lipinski definition) is 5. The van der Waals surface area contributed by atoms with Crippen molar-refractivity contribution in [1.29, 1.82) is 0 Å². The fourth-order valence-corrected chi connectivity index (χ4v) is 2.70. The normalized spacial score (nSPS) is 10.8. The number of aromatic nitrogens is 2. The van der Waals surface area contributed by atoms with Crippen molar-refractivity contribution in [2.75, 3.05) is 5.32 Å². The van der Waals surface area contributed by atoms with Crippen LogP contribution in [0.3, 0.4) is 0 Å². The number of aromatic amines is 1. The van der Waals surface area contributed by atoms with Crippen LogP contribution in [0.15, 0.2) is 59.0 Å². The van der Waals surface area contributed by atoms with Gasteiger partial charge in [0.2, 0.25) is 5.76 Å². The van der Waals surface area contributed by atoms with E-state index in [1.807, 2.05) is 0 Å². The number of phenolic OH excluding ortho intramolecular Hbond substituents is 1. The minimum absolute atomic E-state index is 0.0103. The Morgan fingerprint density at radius 3 is 2.67 bits per heavy atom. The molecule has 0 spiro atoms. The first-order valence-electron chi connectivity index (χ1n) is 7.93. The molecule has 2 heterocycles. The number of aromatic hydroxyl groups is 1. The number of aromatic carboxylic acids is 1. The zero-order valence-corrected chi connectivity index (χ0v) is 13.8. The molecular weight excluding hydrogens is 350 g/mol. The van der Waals surface area contributed by atoms with Gasteiger partial charge in [-0.25, -0.2) is 4.79 Å². The number of H-pyrrole nitrogens is 1. The van der Waals surface area contributed by atoms with Crippen molar-refractivity contribution in [1.82, 2.24) is 10.2 Å². The lowest BCUT2D eigenvalue weighted by Crippen LogP contribution is -2.12. The summed E-state index contributed by atoms with van der Waals surface area (Å²) >= 11 is 0. The molecule has 8 heteroatoms. The molecule has 0 unspecified atom stereocenters. The highest BCUT2D eigenvalue weighted by atomic mass is 16.4. The molecule has 1 amide bonds. The van der Waals surface area contributed by atoms with Crippen molar-refractivity contribution in [3.05, 3.63) is 65.9 Å². The summed E-state index contributed by atoms with van der Waals surface area (Å²) in [5.74, 6) is -1.04. The Kier molecular flexibility index (Phi) is 3.85. The van der Waals surface area contributed by atoms with E-state index in [0.29, 0.717) is 33.6 Å². The second-order valence-corrected chi connectivity index (χ2v) is 5.81. The molecule has 0 aliphatic carbocycles. The van der Waals surface area contributed by atoms with Gasteiger partial charge >= 0.3 is 5.97 Å². The topological polar surface area (TPSA) is 128 Å². The average Bonchev–Trinajstić information content (AvgIpc) is 3.29. The van der Waals surface area contributed by atoms with Gasteiger partial charge in [0, 0.05) is 16.5 Å². The molecule has 0 aliphatic heterocycles. The molecule has 2 aromatic heterocycles. The van der Waals surface area contributed by atoms with Crippen LogP contribution in [0.5, 0.6) is 5.75 Å². The Bertz CT molecular complexity index is 1180. The molecule has 27 heavy (non-hydrogen) atoms. The summed E-state index contributed by atoms with van der Waals surface area (Å²) in [6, 6.07) is 14.2. The van der Waals surface area contributed by atoms with Crippen LogP contribution in [0, 0.1) is 0 Å². The highest BCUT2D eigenvalue weighted by molar-refractivity contribution is 6.08. The number of nitrogens with one attached hydrogen (secondary N) is 2. The number of anilines is 1. The maximum absolute atomic E-state index is 12.4. The van der Waals surface area contributed by atoms with Crippen LogP contribution in [-0.2, 0) is 0 Å². The number of hydrogen-bond donors (Lipinski definition) is 4. The van der Waals surface area contributed by atoms with Crippen LogP contribution in [0.4, 0.5) is 5.82 Å². The van der Waals surface area contributed by atoms with E-state index in [9.17, 15) is 14.7 Å². The Balaban J connectivity index is 1.67. The maximum atomic E-state index is 12.4. The lowest BCUT2D eigenvalue weighted by molar-refractivity contribution is 0.0663. The number of carboxylic acids is 1. The largest absolute Gasteiger partial charge is 0.508 e. The van der Waals surface area contributed by atoms with Crippen LogP contribution >= 0.6 is 0 Å². The van der Waals surface area contributed by atoms with Gasteiger partial charge in [-0.15, -0.1) is 0 Å². The predicted octanol–water partition coefficient (Wildman–Crippen LogP) is 3.48. The van der Waals surface area contributed by atoms with Crippen molar-refractivity contribution in [3.63, 3.8) is 0 Å². The van der Waals surface area contributed by atoms with E-state index in [2.05, 4.69) is 15.5 Å². The minimum Gasteiger partial charge on any atom is -0.508 e. The molecule has 0 saturated carbocycles. The Morgan fingerprint density at radius 1 is 1.07 bits per heavy atom. The number of fused-ring (bicyclic) bond motifs is 1. The third-order valence-electron chi connectivity index (χ3n) is 4.00. The number of carboxylic acid groups (broad SMARTS) is 1. The third kappa shape index (κ3) is 3.11. The van der Waals surface area contributed by atoms with Gasteiger partial charge in [-0.2, -0.15) is 5.10 Å². The van der Waals surface area contributed by atoms with Crippen molar-refractivity contribution < 1.29 is 24.2 Å². The Morgan fingerprint density at radius 2 is 1.93 bits per heavy atom. The second-order valence-electron chi connectivity index (χ2n) is 5.81. The van der Waals surface area contributed by atoms with E-state index >= 15 is 0 Å². The van der Waals surface area contributed by atoms with Crippen molar-refractivity contribution in [2.45, 2.75) is 0 Å². The fraction of sp³-hybridized carbons (Fsp3) is 0. The summed E-state index contributed by atoms with van der Waals surface area (Å²) in [6.45, 7) is 0. The Hall–Kier alpha value is -4.07. The summed E-state index contributed by atoms with van der Waals surface area (Å²) in [7, 11) is 0. The van der Waals surface area contributed by atoms with Gasteiger partial charge < -0.3 is 19.9 Å². The van der Waals surface area contributed by atoms with E-state index < -0.39 is 11.9 Å². The summed E-state index contributed by atoms with van der Waals surface area (Å²) in [5.41, 5.74) is 1.62. The molecule has 4 N–H and O–H groups in total. The molecule has 0 bridgehead atoms. The molecule has 0 saturated heterocycles. The van der Waals surface area contributed by atoms with E-state index in [4.69, 9.17) is 9.52 Å². The quantitative estimate of drug-likeness (QED) is 0.439. The first-order chi connectivity index (χ1) is 13.0. The van der Waals surface area contributed by atoms with Crippen molar-refractivity contribution >= 4 is 28.6 Å². The number of nitrogens with zero attached hydrogens (tertiary/aromatic N) is 1. The lowest BCUT2D eigenvalue weighted by Gasteiger charge is -2.04. The molecular formula is C19H13N3O5. The predicted molar refractivity (Wildman–Crippen MR) is 96.8 cm³/mol. The Labute approximate surface area is 152 Å². The number of furan rings is 1. The van der Waals surface area contributed by atoms with Gasteiger partial charge in [-0.3, -0.25) is 9.89 Å². The van der Waals surface area contributed by atoms with E-state index in [-0.39, 0.29) is 11.5 Å². The number of amides is 1. The number of carbonyl (C=O) groups excluding carboxylic acids is 1. The average molecular weight is 363 g/mol. The van der Waals surface area contributed by atoms with Gasteiger partial charge in [0.15, 0.2) is 5.82 Å². The van der Waals surface area contributed by atoms with Gasteiger partial charge in [0.25, 0.3) is 5.91 Å². The number of benzene rings is 2. The molecule has 134 valence electrons. The van der Waals surface area contributed by atoms with Gasteiger partial charge in [-0.1, -0.05) is 6.07 Å². The molecule has 4 aromatic rings. The SMILES string of the molecule is O=C(Nc1n[nH]c2ccc(-c3ccc(C(=O)O)o3)cc12)c1cccc(O)c1. The van der Waals surface area contributed by atoms with Crippen LogP contribution < -0.4 is 5.32 Å². The molecule has 8 nitrogen and oxygen atoms in total. The molecule has 0 atom stereocenters. The van der Waals surface area contributed by atoms with Gasteiger partial charge in [0.05, 0.1) is 5.52 Å². The fourth-order valence-electron chi connectivity index (χ4n) is 2.70. The highest BCUT2D eigenvalue weighted by Gasteiger charge is 2.15. The third-order valence-corrected chi connectivity index (χ3v) is 4.00. The standard InChI is InChI=1S/C19H13N3O5/c23-12-3-1-2-11(8-12)18(24)20-17-13-9-10(4-5-14(13)21-22-17)15-6-7-16(27-15)19(25)26/h1-9,23H,(H,25,26)(H2,20,21,22,24). The van der Waals surface area contributed by atoms with Gasteiger partial charge in [0.1, 0.15) is 11.5 Å². The van der Waals surface area contributed by atoms with Gasteiger partial charge in [-0.05, 0) is 48.5 Å². The number of phenols is 1. The second kappa shape index (κ2) is 6.34. The summed E-state index contributed by atoms with van der Waals surface area (Å²) < 4.78 is 5.31. The monoisotopic (exact) mass is 363 g/mol. The molecule has 0 aliphatic rings.